The molecule has 102 valence electrons. The number of benzene rings is 1. The van der Waals surface area contributed by atoms with Gasteiger partial charge in [-0.3, -0.25) is 0 Å². The monoisotopic (exact) mass is 277 g/mol. The Hall–Kier alpha value is -1.15. The SMILES string of the molecule is COc1ccc(Cl)cc1NC(C)C1CC2C=CC1C2. The number of ether oxygens (including phenoxy) is 1. The molecule has 4 atom stereocenters. The Labute approximate surface area is 119 Å². The van der Waals surface area contributed by atoms with E-state index in [1.54, 1.807) is 7.11 Å². The molecule has 3 rings (SSSR count). The molecular formula is C16H20ClNO. The number of hydrogen-bond donors (Lipinski definition) is 1. The highest BCUT2D eigenvalue weighted by Crippen LogP contribution is 2.45. The van der Waals surface area contributed by atoms with Crippen molar-refractivity contribution in [3.63, 3.8) is 0 Å². The van der Waals surface area contributed by atoms with Crippen LogP contribution in [0, 0.1) is 17.8 Å². The molecule has 0 saturated heterocycles. The van der Waals surface area contributed by atoms with E-state index in [1.807, 2.05) is 18.2 Å². The summed E-state index contributed by atoms with van der Waals surface area (Å²) in [6.07, 6.45) is 7.42. The number of rotatable bonds is 4. The summed E-state index contributed by atoms with van der Waals surface area (Å²) >= 11 is 6.07. The van der Waals surface area contributed by atoms with Crippen LogP contribution in [-0.2, 0) is 0 Å². The number of allylic oxidation sites excluding steroid dienone is 2. The van der Waals surface area contributed by atoms with Gasteiger partial charge in [-0.05, 0) is 55.7 Å². The summed E-state index contributed by atoms with van der Waals surface area (Å²) in [5.41, 5.74) is 0.995. The fourth-order valence-electron chi connectivity index (χ4n) is 3.54. The molecule has 2 bridgehead atoms. The van der Waals surface area contributed by atoms with E-state index in [0.717, 1.165) is 34.2 Å². The van der Waals surface area contributed by atoms with Crippen molar-refractivity contribution in [1.29, 1.82) is 0 Å². The highest BCUT2D eigenvalue weighted by Gasteiger charge is 2.38. The van der Waals surface area contributed by atoms with Gasteiger partial charge in [0.2, 0.25) is 0 Å². The van der Waals surface area contributed by atoms with Crippen LogP contribution < -0.4 is 10.1 Å². The van der Waals surface area contributed by atoms with Gasteiger partial charge in [0, 0.05) is 11.1 Å². The van der Waals surface area contributed by atoms with E-state index in [9.17, 15) is 0 Å². The molecule has 1 aromatic rings. The van der Waals surface area contributed by atoms with Crippen molar-refractivity contribution in [2.24, 2.45) is 17.8 Å². The summed E-state index contributed by atoms with van der Waals surface area (Å²) in [7, 11) is 1.69. The molecule has 1 fully saturated rings. The van der Waals surface area contributed by atoms with Crippen LogP contribution in [0.2, 0.25) is 5.02 Å². The molecule has 3 heteroatoms. The number of fused-ring (bicyclic) bond motifs is 2. The summed E-state index contributed by atoms with van der Waals surface area (Å²) in [5.74, 6) is 3.13. The minimum atomic E-state index is 0.437. The zero-order chi connectivity index (χ0) is 13.4. The first kappa shape index (κ1) is 12.9. The Balaban J connectivity index is 1.74. The van der Waals surface area contributed by atoms with Crippen LogP contribution in [-0.4, -0.2) is 13.2 Å². The topological polar surface area (TPSA) is 21.3 Å². The van der Waals surface area contributed by atoms with E-state index in [-0.39, 0.29) is 0 Å². The van der Waals surface area contributed by atoms with Gasteiger partial charge >= 0.3 is 0 Å². The van der Waals surface area contributed by atoms with E-state index >= 15 is 0 Å². The first-order valence-electron chi connectivity index (χ1n) is 6.96. The van der Waals surface area contributed by atoms with Gasteiger partial charge in [-0.2, -0.15) is 0 Å². The normalized spacial score (nSPS) is 29.5. The number of hydrogen-bond acceptors (Lipinski definition) is 2. The first-order valence-corrected chi connectivity index (χ1v) is 7.33. The van der Waals surface area contributed by atoms with Crippen LogP contribution in [0.4, 0.5) is 5.69 Å². The standard InChI is InChI=1S/C16H20ClNO/c1-10(14-8-11-3-4-12(14)7-11)18-15-9-13(17)5-6-16(15)19-2/h3-6,9-12,14,18H,7-8H2,1-2H3. The van der Waals surface area contributed by atoms with Crippen LogP contribution in [0.15, 0.2) is 30.4 Å². The zero-order valence-corrected chi connectivity index (χ0v) is 12.2. The van der Waals surface area contributed by atoms with Crippen LogP contribution >= 0.6 is 11.6 Å². The van der Waals surface area contributed by atoms with Gasteiger partial charge in [0.25, 0.3) is 0 Å². The maximum Gasteiger partial charge on any atom is 0.142 e. The Morgan fingerprint density at radius 2 is 2.16 bits per heavy atom. The van der Waals surface area contributed by atoms with Crippen LogP contribution in [0.5, 0.6) is 5.75 Å². The number of anilines is 1. The van der Waals surface area contributed by atoms with E-state index in [0.29, 0.717) is 6.04 Å². The van der Waals surface area contributed by atoms with Crippen molar-refractivity contribution < 1.29 is 4.74 Å². The van der Waals surface area contributed by atoms with Crippen molar-refractivity contribution >= 4 is 17.3 Å². The summed E-state index contributed by atoms with van der Waals surface area (Å²) < 4.78 is 5.39. The Bertz CT molecular complexity index is 500. The minimum Gasteiger partial charge on any atom is -0.495 e. The third kappa shape index (κ3) is 2.46. The average molecular weight is 278 g/mol. The molecule has 0 spiro atoms. The maximum atomic E-state index is 6.07. The second-order valence-corrected chi connectivity index (χ2v) is 6.16. The van der Waals surface area contributed by atoms with Crippen LogP contribution in [0.25, 0.3) is 0 Å². The molecule has 0 amide bonds. The van der Waals surface area contributed by atoms with Crippen LogP contribution in [0.3, 0.4) is 0 Å². The minimum absolute atomic E-state index is 0.437. The first-order chi connectivity index (χ1) is 9.17. The zero-order valence-electron chi connectivity index (χ0n) is 11.4. The predicted octanol–water partition coefficient (Wildman–Crippen LogP) is 4.36. The summed E-state index contributed by atoms with van der Waals surface area (Å²) in [4.78, 5) is 0. The number of nitrogens with one attached hydrogen (secondary N) is 1. The molecule has 19 heavy (non-hydrogen) atoms. The largest absolute Gasteiger partial charge is 0.495 e. The highest BCUT2D eigenvalue weighted by molar-refractivity contribution is 6.30. The lowest BCUT2D eigenvalue weighted by atomic mass is 9.87. The fraction of sp³-hybridized carbons (Fsp3) is 0.500. The maximum absolute atomic E-state index is 6.07. The lowest BCUT2D eigenvalue weighted by Crippen LogP contribution is -2.29. The fourth-order valence-corrected chi connectivity index (χ4v) is 3.72. The average Bonchev–Trinajstić information content (AvgIpc) is 3.01. The second kappa shape index (κ2) is 5.09. The Morgan fingerprint density at radius 1 is 1.32 bits per heavy atom. The van der Waals surface area contributed by atoms with Gasteiger partial charge in [-0.25, -0.2) is 0 Å². The highest BCUT2D eigenvalue weighted by atomic mass is 35.5. The lowest BCUT2D eigenvalue weighted by molar-refractivity contribution is 0.393. The van der Waals surface area contributed by atoms with Gasteiger partial charge < -0.3 is 10.1 Å². The van der Waals surface area contributed by atoms with Gasteiger partial charge in [0.15, 0.2) is 0 Å². The summed E-state index contributed by atoms with van der Waals surface area (Å²) in [6, 6.07) is 6.15. The van der Waals surface area contributed by atoms with Gasteiger partial charge in [-0.15, -0.1) is 0 Å². The number of halogens is 1. The molecule has 1 N–H and O–H groups in total. The quantitative estimate of drug-likeness (QED) is 0.826. The van der Waals surface area contributed by atoms with E-state index in [4.69, 9.17) is 16.3 Å². The van der Waals surface area contributed by atoms with E-state index < -0.39 is 0 Å². The second-order valence-electron chi connectivity index (χ2n) is 5.72. The Morgan fingerprint density at radius 3 is 2.79 bits per heavy atom. The van der Waals surface area contributed by atoms with Gasteiger partial charge in [0.1, 0.15) is 5.75 Å². The molecule has 1 saturated carbocycles. The van der Waals surface area contributed by atoms with Crippen LogP contribution in [0.1, 0.15) is 19.8 Å². The molecular weight excluding hydrogens is 258 g/mol. The molecule has 4 unspecified atom stereocenters. The summed E-state index contributed by atoms with van der Waals surface area (Å²) in [6.45, 7) is 2.26. The molecule has 2 nitrogen and oxygen atoms in total. The molecule has 0 heterocycles. The molecule has 0 aromatic heterocycles. The van der Waals surface area contributed by atoms with Crippen molar-refractivity contribution in [2.75, 3.05) is 12.4 Å². The molecule has 2 aliphatic carbocycles. The molecule has 1 aromatic carbocycles. The van der Waals surface area contributed by atoms with Crippen molar-refractivity contribution in [3.8, 4) is 5.75 Å². The van der Waals surface area contributed by atoms with Gasteiger partial charge in [0.05, 0.1) is 12.8 Å². The smallest absolute Gasteiger partial charge is 0.142 e. The van der Waals surface area contributed by atoms with Crippen molar-refractivity contribution in [1.82, 2.24) is 0 Å². The van der Waals surface area contributed by atoms with E-state index in [1.165, 1.54) is 12.8 Å². The third-order valence-electron chi connectivity index (χ3n) is 4.52. The third-order valence-corrected chi connectivity index (χ3v) is 4.75. The predicted molar refractivity (Wildman–Crippen MR) is 79.9 cm³/mol. The van der Waals surface area contributed by atoms with Gasteiger partial charge in [-0.1, -0.05) is 23.8 Å². The molecule has 2 aliphatic rings. The van der Waals surface area contributed by atoms with Crippen molar-refractivity contribution in [3.05, 3.63) is 35.4 Å². The number of methoxy groups -OCH3 is 1. The summed E-state index contributed by atoms with van der Waals surface area (Å²) in [5, 5.41) is 4.32. The molecule has 0 radical (unpaired) electrons. The van der Waals surface area contributed by atoms with Crippen molar-refractivity contribution in [2.45, 2.75) is 25.8 Å². The van der Waals surface area contributed by atoms with E-state index in [2.05, 4.69) is 24.4 Å². The Kier molecular flexibility index (Phi) is 3.44. The lowest BCUT2D eigenvalue weighted by Gasteiger charge is -2.27. The molecule has 0 aliphatic heterocycles.